The van der Waals surface area contributed by atoms with Gasteiger partial charge in [0.1, 0.15) is 5.82 Å². The maximum atomic E-state index is 12.1. The standard InChI is InChI=1S/C13H15ClN2O3/c14-8-5-6-11(15-7-8)16-12(17)9-3-1-2-4-10(9)13(18)19/h5-7,9-10H,1-4H2,(H,18,19)(H,15,16,17)/t9-,10-/m0/s1. The van der Waals surface area contributed by atoms with Gasteiger partial charge in [0, 0.05) is 6.20 Å². The molecule has 1 aromatic heterocycles. The van der Waals surface area contributed by atoms with Gasteiger partial charge in [-0.3, -0.25) is 9.59 Å². The van der Waals surface area contributed by atoms with E-state index in [1.807, 2.05) is 0 Å². The minimum atomic E-state index is -0.899. The molecule has 5 nitrogen and oxygen atoms in total. The van der Waals surface area contributed by atoms with Crippen LogP contribution in [-0.2, 0) is 9.59 Å². The molecule has 1 heterocycles. The number of pyridine rings is 1. The molecule has 0 spiro atoms. The van der Waals surface area contributed by atoms with Crippen LogP contribution in [0.15, 0.2) is 18.3 Å². The van der Waals surface area contributed by atoms with Crippen LogP contribution in [0.5, 0.6) is 0 Å². The van der Waals surface area contributed by atoms with Crippen molar-refractivity contribution >= 4 is 29.3 Å². The Morgan fingerprint density at radius 2 is 1.95 bits per heavy atom. The summed E-state index contributed by atoms with van der Waals surface area (Å²) in [6, 6.07) is 3.22. The topological polar surface area (TPSA) is 79.3 Å². The summed E-state index contributed by atoms with van der Waals surface area (Å²) in [5.41, 5.74) is 0. The van der Waals surface area contributed by atoms with E-state index in [0.717, 1.165) is 12.8 Å². The number of nitrogens with one attached hydrogen (secondary N) is 1. The first-order valence-electron chi connectivity index (χ1n) is 6.23. The third kappa shape index (κ3) is 3.44. The number of hydrogen-bond donors (Lipinski definition) is 2. The van der Waals surface area contributed by atoms with E-state index in [1.165, 1.54) is 6.20 Å². The Morgan fingerprint density at radius 1 is 1.26 bits per heavy atom. The molecule has 1 aliphatic carbocycles. The Balaban J connectivity index is 2.05. The van der Waals surface area contributed by atoms with Gasteiger partial charge in [0.25, 0.3) is 0 Å². The Hall–Kier alpha value is -1.62. The first-order chi connectivity index (χ1) is 9.08. The molecule has 1 saturated carbocycles. The van der Waals surface area contributed by atoms with E-state index in [9.17, 15) is 9.59 Å². The van der Waals surface area contributed by atoms with Crippen LogP contribution < -0.4 is 5.32 Å². The monoisotopic (exact) mass is 282 g/mol. The zero-order valence-electron chi connectivity index (χ0n) is 10.3. The van der Waals surface area contributed by atoms with Crippen molar-refractivity contribution in [1.82, 2.24) is 4.98 Å². The molecule has 0 aliphatic heterocycles. The number of carboxylic acids is 1. The number of aliphatic carboxylic acids is 1. The summed E-state index contributed by atoms with van der Waals surface area (Å²) in [6.45, 7) is 0. The molecule has 1 fully saturated rings. The predicted molar refractivity (Wildman–Crippen MR) is 71.0 cm³/mol. The molecule has 19 heavy (non-hydrogen) atoms. The summed E-state index contributed by atoms with van der Waals surface area (Å²) in [6.07, 6.45) is 4.35. The molecule has 1 aliphatic rings. The zero-order chi connectivity index (χ0) is 13.8. The van der Waals surface area contributed by atoms with Crippen molar-refractivity contribution in [3.8, 4) is 0 Å². The molecule has 1 aromatic rings. The van der Waals surface area contributed by atoms with Crippen molar-refractivity contribution in [1.29, 1.82) is 0 Å². The molecule has 2 N–H and O–H groups in total. The van der Waals surface area contributed by atoms with E-state index in [2.05, 4.69) is 10.3 Å². The summed E-state index contributed by atoms with van der Waals surface area (Å²) < 4.78 is 0. The lowest BCUT2D eigenvalue weighted by Crippen LogP contribution is -2.36. The Morgan fingerprint density at radius 3 is 2.53 bits per heavy atom. The van der Waals surface area contributed by atoms with E-state index in [4.69, 9.17) is 16.7 Å². The van der Waals surface area contributed by atoms with Gasteiger partial charge in [-0.15, -0.1) is 0 Å². The quantitative estimate of drug-likeness (QED) is 0.893. The number of amides is 1. The maximum absolute atomic E-state index is 12.1. The van der Waals surface area contributed by atoms with E-state index >= 15 is 0 Å². The van der Waals surface area contributed by atoms with Crippen molar-refractivity contribution in [2.24, 2.45) is 11.8 Å². The van der Waals surface area contributed by atoms with E-state index in [1.54, 1.807) is 12.1 Å². The predicted octanol–water partition coefficient (Wildman–Crippen LogP) is 2.56. The van der Waals surface area contributed by atoms with Crippen molar-refractivity contribution in [3.05, 3.63) is 23.4 Å². The second-order valence-corrected chi connectivity index (χ2v) is 5.12. The summed E-state index contributed by atoms with van der Waals surface area (Å²) in [4.78, 5) is 27.2. The van der Waals surface area contributed by atoms with Crippen LogP contribution in [-0.4, -0.2) is 22.0 Å². The van der Waals surface area contributed by atoms with Gasteiger partial charge in [0.05, 0.1) is 16.9 Å². The first kappa shape index (κ1) is 13.8. The van der Waals surface area contributed by atoms with Gasteiger partial charge in [-0.25, -0.2) is 4.98 Å². The molecule has 2 atom stereocenters. The van der Waals surface area contributed by atoms with Gasteiger partial charge in [-0.05, 0) is 25.0 Å². The number of aromatic nitrogens is 1. The first-order valence-corrected chi connectivity index (χ1v) is 6.61. The highest BCUT2D eigenvalue weighted by atomic mass is 35.5. The third-order valence-electron chi connectivity index (χ3n) is 3.40. The van der Waals surface area contributed by atoms with E-state index < -0.39 is 17.8 Å². The zero-order valence-corrected chi connectivity index (χ0v) is 11.1. The molecule has 102 valence electrons. The Kier molecular flexibility index (Phi) is 4.37. The molecule has 0 saturated heterocycles. The van der Waals surface area contributed by atoms with Gasteiger partial charge in [0.15, 0.2) is 0 Å². The number of rotatable bonds is 3. The maximum Gasteiger partial charge on any atom is 0.307 e. The number of carbonyl (C=O) groups excluding carboxylic acids is 1. The fourth-order valence-corrected chi connectivity index (χ4v) is 2.52. The van der Waals surface area contributed by atoms with Crippen LogP contribution in [0.3, 0.4) is 0 Å². The van der Waals surface area contributed by atoms with Crippen molar-refractivity contribution < 1.29 is 14.7 Å². The van der Waals surface area contributed by atoms with Crippen LogP contribution in [0.4, 0.5) is 5.82 Å². The number of anilines is 1. The lowest BCUT2D eigenvalue weighted by molar-refractivity contribution is -0.147. The molecule has 2 rings (SSSR count). The summed E-state index contributed by atoms with van der Waals surface area (Å²) in [5.74, 6) is -1.86. The second-order valence-electron chi connectivity index (χ2n) is 4.69. The molecule has 6 heteroatoms. The largest absolute Gasteiger partial charge is 0.481 e. The fraction of sp³-hybridized carbons (Fsp3) is 0.462. The SMILES string of the molecule is O=C(O)[C@H]1CCCC[C@@H]1C(=O)Nc1ccc(Cl)cn1. The van der Waals surface area contributed by atoms with Gasteiger partial charge in [-0.1, -0.05) is 24.4 Å². The highest BCUT2D eigenvalue weighted by Gasteiger charge is 2.35. The molecular formula is C13H15ClN2O3. The highest BCUT2D eigenvalue weighted by Crippen LogP contribution is 2.31. The number of carboxylic acid groups (broad SMARTS) is 1. The number of halogens is 1. The lowest BCUT2D eigenvalue weighted by Gasteiger charge is -2.27. The van der Waals surface area contributed by atoms with Gasteiger partial charge >= 0.3 is 5.97 Å². The summed E-state index contributed by atoms with van der Waals surface area (Å²) in [5, 5.41) is 12.3. The molecular weight excluding hydrogens is 268 g/mol. The third-order valence-corrected chi connectivity index (χ3v) is 3.62. The normalized spacial score (nSPS) is 22.8. The number of carbonyl (C=O) groups is 2. The van der Waals surface area contributed by atoms with Gasteiger partial charge < -0.3 is 10.4 Å². The summed E-state index contributed by atoms with van der Waals surface area (Å²) >= 11 is 5.71. The van der Waals surface area contributed by atoms with E-state index in [0.29, 0.717) is 23.7 Å². The minimum Gasteiger partial charge on any atom is -0.481 e. The van der Waals surface area contributed by atoms with E-state index in [-0.39, 0.29) is 5.91 Å². The molecule has 0 radical (unpaired) electrons. The van der Waals surface area contributed by atoms with Gasteiger partial charge in [0.2, 0.25) is 5.91 Å². The van der Waals surface area contributed by atoms with Crippen LogP contribution in [0.1, 0.15) is 25.7 Å². The summed E-state index contributed by atoms with van der Waals surface area (Å²) in [7, 11) is 0. The molecule has 0 bridgehead atoms. The molecule has 1 amide bonds. The van der Waals surface area contributed by atoms with Crippen LogP contribution in [0, 0.1) is 11.8 Å². The molecule has 0 unspecified atom stereocenters. The highest BCUT2D eigenvalue weighted by molar-refractivity contribution is 6.30. The van der Waals surface area contributed by atoms with Crippen molar-refractivity contribution in [2.45, 2.75) is 25.7 Å². The van der Waals surface area contributed by atoms with Crippen molar-refractivity contribution in [3.63, 3.8) is 0 Å². The average Bonchev–Trinajstić information content (AvgIpc) is 2.41. The average molecular weight is 283 g/mol. The number of hydrogen-bond acceptors (Lipinski definition) is 3. The fourth-order valence-electron chi connectivity index (χ4n) is 2.41. The van der Waals surface area contributed by atoms with Crippen molar-refractivity contribution in [2.75, 3.05) is 5.32 Å². The van der Waals surface area contributed by atoms with Crippen LogP contribution in [0.2, 0.25) is 5.02 Å². The van der Waals surface area contributed by atoms with Crippen LogP contribution >= 0.6 is 11.6 Å². The van der Waals surface area contributed by atoms with Gasteiger partial charge in [-0.2, -0.15) is 0 Å². The Bertz CT molecular complexity index is 475. The Labute approximate surface area is 116 Å². The molecule has 0 aromatic carbocycles. The van der Waals surface area contributed by atoms with Crippen LogP contribution in [0.25, 0.3) is 0 Å². The minimum absolute atomic E-state index is 0.276. The number of nitrogens with zero attached hydrogens (tertiary/aromatic N) is 1. The second kappa shape index (κ2) is 6.02. The lowest BCUT2D eigenvalue weighted by atomic mass is 9.79. The smallest absolute Gasteiger partial charge is 0.307 e.